The average Bonchev–Trinajstić information content (AvgIpc) is 2.84. The number of nitrogens with one attached hydrogen (secondary N) is 1. The zero-order valence-corrected chi connectivity index (χ0v) is 13.2. The maximum absolute atomic E-state index is 3.93. The van der Waals surface area contributed by atoms with Crippen LogP contribution in [0.3, 0.4) is 0 Å². The number of thioether (sulfide) groups is 1. The second-order valence-corrected chi connectivity index (χ2v) is 5.33. The van der Waals surface area contributed by atoms with Gasteiger partial charge in [-0.25, -0.2) is 4.68 Å². The molecule has 2 aromatic rings. The van der Waals surface area contributed by atoms with E-state index in [1.165, 1.54) is 5.56 Å². The van der Waals surface area contributed by atoms with E-state index in [9.17, 15) is 0 Å². The van der Waals surface area contributed by atoms with Crippen LogP contribution in [0.25, 0.3) is 0 Å². The molecule has 0 radical (unpaired) electrons. The molecule has 1 aromatic carbocycles. The van der Waals surface area contributed by atoms with Gasteiger partial charge in [-0.3, -0.25) is 0 Å². The van der Waals surface area contributed by atoms with Crippen molar-refractivity contribution < 1.29 is 0 Å². The third kappa shape index (κ3) is 5.90. The van der Waals surface area contributed by atoms with Crippen molar-refractivity contribution in [2.24, 2.45) is 7.05 Å². The number of rotatable bonds is 8. The van der Waals surface area contributed by atoms with Crippen molar-refractivity contribution in [1.29, 1.82) is 0 Å². The van der Waals surface area contributed by atoms with E-state index < -0.39 is 0 Å². The Hall–Kier alpha value is -1.11. The van der Waals surface area contributed by atoms with Gasteiger partial charge in [0.25, 0.3) is 0 Å². The molecule has 20 heavy (non-hydrogen) atoms. The first-order valence-electron chi connectivity index (χ1n) is 6.46. The van der Waals surface area contributed by atoms with E-state index in [0.717, 1.165) is 36.8 Å². The van der Waals surface area contributed by atoms with Crippen molar-refractivity contribution in [3.05, 3.63) is 35.9 Å². The molecule has 0 aliphatic heterocycles. The highest BCUT2D eigenvalue weighted by atomic mass is 35.5. The number of aromatic nitrogens is 4. The van der Waals surface area contributed by atoms with Gasteiger partial charge in [0.15, 0.2) is 0 Å². The molecule has 0 aliphatic rings. The van der Waals surface area contributed by atoms with E-state index in [0.29, 0.717) is 0 Å². The standard InChI is InChI=1S/C13H19N5S.ClH/c1-18-13(15-16-17-18)19-11-5-9-14-10-8-12-6-3-2-4-7-12;/h2-4,6-7,14H,5,8-11H2,1H3;1H. The van der Waals surface area contributed by atoms with Crippen molar-refractivity contribution >= 4 is 24.2 Å². The molecule has 110 valence electrons. The maximum atomic E-state index is 3.93. The number of hydrogen-bond acceptors (Lipinski definition) is 5. The first kappa shape index (κ1) is 16.9. The fourth-order valence-electron chi connectivity index (χ4n) is 1.71. The van der Waals surface area contributed by atoms with E-state index in [4.69, 9.17) is 0 Å². The largest absolute Gasteiger partial charge is 0.316 e. The normalized spacial score (nSPS) is 10.2. The number of halogens is 1. The maximum Gasteiger partial charge on any atom is 0.209 e. The van der Waals surface area contributed by atoms with E-state index in [1.54, 1.807) is 16.4 Å². The molecule has 0 fully saturated rings. The van der Waals surface area contributed by atoms with E-state index in [1.807, 2.05) is 7.05 Å². The Labute approximate surface area is 129 Å². The minimum Gasteiger partial charge on any atom is -0.316 e. The van der Waals surface area contributed by atoms with Crippen LogP contribution in [0.15, 0.2) is 35.5 Å². The van der Waals surface area contributed by atoms with Crippen molar-refractivity contribution in [3.8, 4) is 0 Å². The molecule has 1 heterocycles. The Morgan fingerprint density at radius 1 is 1.20 bits per heavy atom. The summed E-state index contributed by atoms with van der Waals surface area (Å²) in [6, 6.07) is 10.6. The molecule has 0 bridgehead atoms. The Morgan fingerprint density at radius 3 is 2.70 bits per heavy atom. The predicted octanol–water partition coefficient (Wildman–Crippen LogP) is 1.95. The Bertz CT molecular complexity index is 477. The molecule has 0 amide bonds. The lowest BCUT2D eigenvalue weighted by molar-refractivity contribution is 0.660. The van der Waals surface area contributed by atoms with E-state index in [-0.39, 0.29) is 12.4 Å². The van der Waals surface area contributed by atoms with E-state index in [2.05, 4.69) is 51.2 Å². The fraction of sp³-hybridized carbons (Fsp3) is 0.462. The number of hydrogen-bond donors (Lipinski definition) is 1. The molecule has 0 aliphatic carbocycles. The number of benzene rings is 1. The van der Waals surface area contributed by atoms with Gasteiger partial charge in [0, 0.05) is 12.8 Å². The van der Waals surface area contributed by atoms with Crippen molar-refractivity contribution in [1.82, 2.24) is 25.5 Å². The summed E-state index contributed by atoms with van der Waals surface area (Å²) in [5.74, 6) is 1.03. The van der Waals surface area contributed by atoms with Gasteiger partial charge >= 0.3 is 0 Å². The Balaban J connectivity index is 0.00000200. The molecular formula is C13H20ClN5S. The highest BCUT2D eigenvalue weighted by Crippen LogP contribution is 2.12. The number of aryl methyl sites for hydroxylation is 1. The lowest BCUT2D eigenvalue weighted by atomic mass is 10.1. The minimum absolute atomic E-state index is 0. The molecule has 7 heteroatoms. The Morgan fingerprint density at radius 2 is 2.00 bits per heavy atom. The highest BCUT2D eigenvalue weighted by molar-refractivity contribution is 7.99. The summed E-state index contributed by atoms with van der Waals surface area (Å²) < 4.78 is 1.70. The van der Waals surface area contributed by atoms with Gasteiger partial charge in [-0.15, -0.1) is 17.5 Å². The lowest BCUT2D eigenvalue weighted by Gasteiger charge is -2.04. The summed E-state index contributed by atoms with van der Waals surface area (Å²) in [4.78, 5) is 0. The summed E-state index contributed by atoms with van der Waals surface area (Å²) in [6.45, 7) is 2.06. The van der Waals surface area contributed by atoms with Crippen LogP contribution >= 0.6 is 24.2 Å². The first-order chi connectivity index (χ1) is 9.36. The summed E-state index contributed by atoms with van der Waals surface area (Å²) in [6.07, 6.45) is 2.20. The van der Waals surface area contributed by atoms with Gasteiger partial charge in [-0.2, -0.15) is 0 Å². The van der Waals surface area contributed by atoms with Gasteiger partial charge in [0.1, 0.15) is 0 Å². The van der Waals surface area contributed by atoms with Gasteiger partial charge in [0.05, 0.1) is 0 Å². The van der Waals surface area contributed by atoms with Crippen LogP contribution in [-0.2, 0) is 13.5 Å². The van der Waals surface area contributed by atoms with E-state index >= 15 is 0 Å². The molecule has 0 saturated heterocycles. The van der Waals surface area contributed by atoms with Crippen LogP contribution in [0.1, 0.15) is 12.0 Å². The van der Waals surface area contributed by atoms with Crippen LogP contribution < -0.4 is 5.32 Å². The third-order valence-electron chi connectivity index (χ3n) is 2.74. The van der Waals surface area contributed by atoms with Gasteiger partial charge in [-0.05, 0) is 41.9 Å². The summed E-state index contributed by atoms with van der Waals surface area (Å²) in [5, 5.41) is 15.7. The molecule has 5 nitrogen and oxygen atoms in total. The SMILES string of the molecule is Cl.Cn1nnnc1SCCCNCCc1ccccc1. The topological polar surface area (TPSA) is 55.6 Å². The molecule has 1 aromatic heterocycles. The van der Waals surface area contributed by atoms with Crippen molar-refractivity contribution in [3.63, 3.8) is 0 Å². The monoisotopic (exact) mass is 313 g/mol. The third-order valence-corrected chi connectivity index (χ3v) is 3.84. The van der Waals surface area contributed by atoms with Crippen LogP contribution in [0.4, 0.5) is 0 Å². The van der Waals surface area contributed by atoms with Crippen molar-refractivity contribution in [2.75, 3.05) is 18.8 Å². The van der Waals surface area contributed by atoms with Crippen LogP contribution in [0.2, 0.25) is 0 Å². The summed E-state index contributed by atoms with van der Waals surface area (Å²) >= 11 is 1.69. The second-order valence-electron chi connectivity index (χ2n) is 4.27. The smallest absolute Gasteiger partial charge is 0.209 e. The summed E-state index contributed by atoms with van der Waals surface area (Å²) in [7, 11) is 1.86. The average molecular weight is 314 g/mol. The predicted molar refractivity (Wildman–Crippen MR) is 84.4 cm³/mol. The Kier molecular flexibility index (Phi) is 8.25. The van der Waals surface area contributed by atoms with Gasteiger partial charge in [-0.1, -0.05) is 42.1 Å². The zero-order valence-electron chi connectivity index (χ0n) is 11.5. The minimum atomic E-state index is 0. The molecule has 1 N–H and O–H groups in total. The molecule has 2 rings (SSSR count). The molecule has 0 spiro atoms. The quantitative estimate of drug-likeness (QED) is 0.596. The highest BCUT2D eigenvalue weighted by Gasteiger charge is 2.01. The van der Waals surface area contributed by atoms with Crippen LogP contribution in [-0.4, -0.2) is 39.0 Å². The first-order valence-corrected chi connectivity index (χ1v) is 7.44. The molecule has 0 atom stereocenters. The molecule has 0 unspecified atom stereocenters. The van der Waals surface area contributed by atoms with Gasteiger partial charge in [0.2, 0.25) is 5.16 Å². The summed E-state index contributed by atoms with van der Waals surface area (Å²) in [5.41, 5.74) is 1.38. The van der Waals surface area contributed by atoms with Gasteiger partial charge < -0.3 is 5.32 Å². The van der Waals surface area contributed by atoms with Crippen molar-refractivity contribution in [2.45, 2.75) is 18.0 Å². The number of nitrogens with zero attached hydrogens (tertiary/aromatic N) is 4. The zero-order chi connectivity index (χ0) is 13.3. The molecular weight excluding hydrogens is 294 g/mol. The van der Waals surface area contributed by atoms with Crippen LogP contribution in [0.5, 0.6) is 0 Å². The fourth-order valence-corrected chi connectivity index (χ4v) is 2.50. The number of tetrazole rings is 1. The lowest BCUT2D eigenvalue weighted by Crippen LogP contribution is -2.19. The van der Waals surface area contributed by atoms with Crippen LogP contribution in [0, 0.1) is 0 Å². The molecule has 0 saturated carbocycles. The second kappa shape index (κ2) is 9.74.